The van der Waals surface area contributed by atoms with E-state index < -0.39 is 6.10 Å². The summed E-state index contributed by atoms with van der Waals surface area (Å²) in [7, 11) is 0. The maximum absolute atomic E-state index is 11.2. The van der Waals surface area contributed by atoms with Gasteiger partial charge in [0, 0.05) is 6.42 Å². The van der Waals surface area contributed by atoms with Crippen molar-refractivity contribution in [2.45, 2.75) is 98.0 Å². The molecule has 0 amide bonds. The molecule has 24 heavy (non-hydrogen) atoms. The number of aliphatic hydroxyl groups excluding tert-OH is 3. The van der Waals surface area contributed by atoms with E-state index in [1.54, 1.807) is 0 Å². The Morgan fingerprint density at radius 3 is 1.54 bits per heavy atom. The summed E-state index contributed by atoms with van der Waals surface area (Å²) in [5, 5.41) is 24.0. The number of carbonyl (C=O) groups excluding carboxylic acids is 1. The van der Waals surface area contributed by atoms with Crippen molar-refractivity contribution in [2.75, 3.05) is 13.2 Å². The Morgan fingerprint density at radius 1 is 0.792 bits per heavy atom. The Bertz CT molecular complexity index is 256. The van der Waals surface area contributed by atoms with Gasteiger partial charge in [0.1, 0.15) is 6.10 Å². The summed E-state index contributed by atoms with van der Waals surface area (Å²) in [5.74, 6) is 0.258. The van der Waals surface area contributed by atoms with E-state index in [1.165, 1.54) is 32.1 Å². The van der Waals surface area contributed by atoms with Crippen LogP contribution in [0.25, 0.3) is 0 Å². The van der Waals surface area contributed by atoms with Crippen molar-refractivity contribution in [3.63, 3.8) is 0 Å². The molecule has 0 atom stereocenters. The van der Waals surface area contributed by atoms with Crippen LogP contribution in [-0.4, -0.2) is 40.4 Å². The SMILES string of the molecule is C=C(CCC)C(=O)CCCC.CCCCCCC.OCC(O)CO. The van der Waals surface area contributed by atoms with Crippen molar-refractivity contribution in [2.24, 2.45) is 0 Å². The first-order chi connectivity index (χ1) is 11.4. The lowest BCUT2D eigenvalue weighted by atomic mass is 10.0. The van der Waals surface area contributed by atoms with Crippen LogP contribution in [0.4, 0.5) is 0 Å². The van der Waals surface area contributed by atoms with Crippen molar-refractivity contribution in [1.29, 1.82) is 0 Å². The minimum Gasteiger partial charge on any atom is -0.394 e. The van der Waals surface area contributed by atoms with Crippen LogP contribution in [0.3, 0.4) is 0 Å². The van der Waals surface area contributed by atoms with Crippen LogP contribution in [0.1, 0.15) is 91.9 Å². The maximum atomic E-state index is 11.2. The summed E-state index contributed by atoms with van der Waals surface area (Å²) in [6, 6.07) is 0. The summed E-state index contributed by atoms with van der Waals surface area (Å²) in [6.45, 7) is 11.7. The second-order valence-corrected chi connectivity index (χ2v) is 5.96. The molecule has 0 aliphatic carbocycles. The van der Waals surface area contributed by atoms with E-state index in [1.807, 2.05) is 0 Å². The highest BCUT2D eigenvalue weighted by Gasteiger charge is 2.03. The Kier molecular flexibility index (Phi) is 28.7. The molecule has 0 rings (SSSR count). The van der Waals surface area contributed by atoms with E-state index in [4.69, 9.17) is 15.3 Å². The van der Waals surface area contributed by atoms with Gasteiger partial charge < -0.3 is 15.3 Å². The molecule has 0 aromatic heterocycles. The van der Waals surface area contributed by atoms with E-state index in [2.05, 4.69) is 34.3 Å². The molecule has 0 spiro atoms. The van der Waals surface area contributed by atoms with Crippen LogP contribution in [-0.2, 0) is 4.79 Å². The average molecular weight is 347 g/mol. The van der Waals surface area contributed by atoms with Crippen LogP contribution in [0.15, 0.2) is 12.2 Å². The zero-order valence-corrected chi connectivity index (χ0v) is 16.5. The normalized spacial score (nSPS) is 9.67. The largest absolute Gasteiger partial charge is 0.394 e. The standard InChI is InChI=1S/C10H18O.C7H16.C3H8O3/c1-4-6-8-10(11)9(3)7-5-2;1-3-5-7-6-4-2;4-1-3(6)2-5/h3-8H2,1-2H3;3-7H2,1-2H3;3-6H,1-2H2. The highest BCUT2D eigenvalue weighted by molar-refractivity contribution is 5.94. The molecule has 0 unspecified atom stereocenters. The van der Waals surface area contributed by atoms with Crippen molar-refractivity contribution < 1.29 is 20.1 Å². The van der Waals surface area contributed by atoms with Gasteiger partial charge in [0.05, 0.1) is 13.2 Å². The Morgan fingerprint density at radius 2 is 1.25 bits per heavy atom. The minimum atomic E-state index is -0.954. The highest BCUT2D eigenvalue weighted by atomic mass is 16.3. The smallest absolute Gasteiger partial charge is 0.158 e. The molecule has 0 saturated heterocycles. The van der Waals surface area contributed by atoms with Crippen molar-refractivity contribution in [3.8, 4) is 0 Å². The molecular formula is C20H42O4. The molecule has 4 heteroatoms. The van der Waals surface area contributed by atoms with Crippen molar-refractivity contribution in [3.05, 3.63) is 12.2 Å². The van der Waals surface area contributed by atoms with Gasteiger partial charge in [0.15, 0.2) is 5.78 Å². The Labute approximate surface area is 150 Å². The second-order valence-electron chi connectivity index (χ2n) is 5.96. The van der Waals surface area contributed by atoms with Crippen LogP contribution in [0, 0.1) is 0 Å². The average Bonchev–Trinajstić information content (AvgIpc) is 2.60. The van der Waals surface area contributed by atoms with E-state index in [9.17, 15) is 4.79 Å². The highest BCUT2D eigenvalue weighted by Crippen LogP contribution is 2.07. The molecule has 4 nitrogen and oxygen atoms in total. The molecule has 3 N–H and O–H groups in total. The molecule has 0 aromatic carbocycles. The summed E-state index contributed by atoms with van der Waals surface area (Å²) < 4.78 is 0. The number of unbranched alkanes of at least 4 members (excludes halogenated alkanes) is 5. The number of carbonyl (C=O) groups is 1. The zero-order chi connectivity index (χ0) is 19.2. The van der Waals surface area contributed by atoms with Crippen LogP contribution in [0.5, 0.6) is 0 Å². The lowest BCUT2D eigenvalue weighted by Gasteiger charge is -2.00. The summed E-state index contributed by atoms with van der Waals surface area (Å²) in [5.41, 5.74) is 0.806. The van der Waals surface area contributed by atoms with E-state index in [0.717, 1.165) is 31.3 Å². The van der Waals surface area contributed by atoms with Gasteiger partial charge in [-0.2, -0.15) is 0 Å². The summed E-state index contributed by atoms with van der Waals surface area (Å²) in [6.07, 6.45) is 10.7. The predicted octanol–water partition coefficient (Wildman–Crippen LogP) is 4.41. The van der Waals surface area contributed by atoms with E-state index in [-0.39, 0.29) is 19.0 Å². The number of hydrogen-bond donors (Lipinski definition) is 3. The fourth-order valence-electron chi connectivity index (χ4n) is 1.69. The molecule has 0 aromatic rings. The molecule has 0 fully saturated rings. The number of allylic oxidation sites excluding steroid dienone is 1. The van der Waals surface area contributed by atoms with Gasteiger partial charge in [-0.15, -0.1) is 0 Å². The molecule has 0 bridgehead atoms. The van der Waals surface area contributed by atoms with Crippen molar-refractivity contribution >= 4 is 5.78 Å². The second kappa shape index (κ2) is 24.5. The van der Waals surface area contributed by atoms with Gasteiger partial charge >= 0.3 is 0 Å². The Balaban J connectivity index is -0.000000294. The van der Waals surface area contributed by atoms with Crippen LogP contribution in [0.2, 0.25) is 0 Å². The lowest BCUT2D eigenvalue weighted by Crippen LogP contribution is -2.15. The first kappa shape index (κ1) is 28.1. The van der Waals surface area contributed by atoms with Gasteiger partial charge in [-0.1, -0.05) is 79.2 Å². The quantitative estimate of drug-likeness (QED) is 0.361. The zero-order valence-electron chi connectivity index (χ0n) is 16.5. The van der Waals surface area contributed by atoms with Gasteiger partial charge in [0.25, 0.3) is 0 Å². The molecule has 0 heterocycles. The molecule has 146 valence electrons. The van der Waals surface area contributed by atoms with Gasteiger partial charge in [-0.3, -0.25) is 4.79 Å². The summed E-state index contributed by atoms with van der Waals surface area (Å²) in [4.78, 5) is 11.2. The first-order valence-electron chi connectivity index (χ1n) is 9.55. The third kappa shape index (κ3) is 26.2. The van der Waals surface area contributed by atoms with Crippen LogP contribution >= 0.6 is 0 Å². The molecule has 0 aliphatic rings. The molecule has 0 radical (unpaired) electrons. The summed E-state index contributed by atoms with van der Waals surface area (Å²) >= 11 is 0. The van der Waals surface area contributed by atoms with Crippen molar-refractivity contribution in [1.82, 2.24) is 0 Å². The number of hydrogen-bond acceptors (Lipinski definition) is 4. The molecular weight excluding hydrogens is 304 g/mol. The maximum Gasteiger partial charge on any atom is 0.158 e. The first-order valence-corrected chi connectivity index (χ1v) is 9.55. The topological polar surface area (TPSA) is 77.8 Å². The minimum absolute atomic E-state index is 0.258. The van der Waals surface area contributed by atoms with Gasteiger partial charge in [0.2, 0.25) is 0 Å². The monoisotopic (exact) mass is 346 g/mol. The predicted molar refractivity (Wildman–Crippen MR) is 103 cm³/mol. The third-order valence-electron chi connectivity index (χ3n) is 3.33. The fourth-order valence-corrected chi connectivity index (χ4v) is 1.69. The van der Waals surface area contributed by atoms with E-state index in [0.29, 0.717) is 6.42 Å². The Hall–Kier alpha value is -0.710. The molecule has 0 aliphatic heterocycles. The number of rotatable bonds is 12. The number of ketones is 1. The number of Topliss-reactive ketones (excluding diaryl/α,β-unsaturated/α-hetero) is 1. The van der Waals surface area contributed by atoms with E-state index >= 15 is 0 Å². The molecule has 0 saturated carbocycles. The van der Waals surface area contributed by atoms with Crippen LogP contribution < -0.4 is 0 Å². The van der Waals surface area contributed by atoms with Gasteiger partial charge in [-0.05, 0) is 18.4 Å². The fraction of sp³-hybridized carbons (Fsp3) is 0.850. The third-order valence-corrected chi connectivity index (χ3v) is 3.33. The lowest BCUT2D eigenvalue weighted by molar-refractivity contribution is -0.115. The van der Waals surface area contributed by atoms with Gasteiger partial charge in [-0.25, -0.2) is 0 Å². The number of aliphatic hydroxyl groups is 3.